The maximum absolute atomic E-state index is 9.92. The van der Waals surface area contributed by atoms with Crippen LogP contribution in [0.1, 0.15) is 18.9 Å². The zero-order chi connectivity index (χ0) is 15.5. The monoisotopic (exact) mass is 316 g/mol. The quantitative estimate of drug-likeness (QED) is 0.778. The van der Waals surface area contributed by atoms with Crippen LogP contribution in [0.4, 0.5) is 0 Å². The highest BCUT2D eigenvalue weighted by Crippen LogP contribution is 2.24. The normalized spacial score (nSPS) is 12.5. The summed E-state index contributed by atoms with van der Waals surface area (Å²) in [6.45, 7) is 2.75. The number of imidazole rings is 1. The maximum atomic E-state index is 9.92. The lowest BCUT2D eigenvalue weighted by Gasteiger charge is -2.12. The average Bonchev–Trinajstić information content (AvgIpc) is 2.88. The Morgan fingerprint density at radius 3 is 2.68 bits per heavy atom. The Morgan fingerprint density at radius 1 is 1.18 bits per heavy atom. The first-order valence-electron chi connectivity index (χ1n) is 7.17. The number of benzene rings is 2. The number of aromatic nitrogens is 2. The van der Waals surface area contributed by atoms with Gasteiger partial charge in [-0.25, -0.2) is 4.98 Å². The molecule has 2 aromatic carbocycles. The molecule has 0 radical (unpaired) electrons. The highest BCUT2D eigenvalue weighted by molar-refractivity contribution is 6.32. The first-order valence-corrected chi connectivity index (χ1v) is 7.55. The lowest BCUT2D eigenvalue weighted by atomic mass is 10.3. The molecule has 4 nitrogen and oxygen atoms in total. The Hall–Kier alpha value is -2.04. The zero-order valence-corrected chi connectivity index (χ0v) is 13.0. The molecule has 1 atom stereocenters. The molecular weight excluding hydrogens is 300 g/mol. The van der Waals surface area contributed by atoms with Crippen LogP contribution in [0.2, 0.25) is 5.02 Å². The van der Waals surface area contributed by atoms with Gasteiger partial charge in [0.05, 0.1) is 22.6 Å². The van der Waals surface area contributed by atoms with Crippen molar-refractivity contribution in [1.82, 2.24) is 9.55 Å². The minimum absolute atomic E-state index is 0.448. The summed E-state index contributed by atoms with van der Waals surface area (Å²) in [6.07, 6.45) is -0.632. The molecule has 22 heavy (non-hydrogen) atoms. The largest absolute Gasteiger partial charge is 0.490 e. The summed E-state index contributed by atoms with van der Waals surface area (Å²) in [6, 6.07) is 15.2. The molecule has 1 aromatic heterocycles. The van der Waals surface area contributed by atoms with Gasteiger partial charge in [0.2, 0.25) is 0 Å². The molecular formula is C17H17ClN2O2. The molecule has 0 aliphatic heterocycles. The van der Waals surface area contributed by atoms with Gasteiger partial charge in [-0.15, -0.1) is 0 Å². The van der Waals surface area contributed by atoms with Crippen LogP contribution >= 0.6 is 11.6 Å². The van der Waals surface area contributed by atoms with Gasteiger partial charge >= 0.3 is 0 Å². The molecule has 1 N–H and O–H groups in total. The molecule has 0 bridgehead atoms. The van der Waals surface area contributed by atoms with Crippen LogP contribution in [0, 0.1) is 0 Å². The molecule has 0 unspecified atom stereocenters. The van der Waals surface area contributed by atoms with Gasteiger partial charge in [0.15, 0.2) is 0 Å². The molecule has 0 amide bonds. The third kappa shape index (κ3) is 2.93. The van der Waals surface area contributed by atoms with Crippen molar-refractivity contribution in [2.75, 3.05) is 6.61 Å². The Labute approximate surface area is 133 Å². The van der Waals surface area contributed by atoms with E-state index in [1.54, 1.807) is 13.0 Å². The SMILES string of the molecule is C[C@@H](O)c1nc2ccccc2n1CCOc1ccccc1Cl. The van der Waals surface area contributed by atoms with Crippen LogP contribution in [0.3, 0.4) is 0 Å². The Kier molecular flexibility index (Phi) is 4.32. The lowest BCUT2D eigenvalue weighted by molar-refractivity contribution is 0.181. The van der Waals surface area contributed by atoms with E-state index >= 15 is 0 Å². The van der Waals surface area contributed by atoms with Gasteiger partial charge in [0.1, 0.15) is 24.3 Å². The zero-order valence-electron chi connectivity index (χ0n) is 12.2. The molecule has 3 rings (SSSR count). The fourth-order valence-electron chi connectivity index (χ4n) is 2.46. The van der Waals surface area contributed by atoms with Crippen molar-refractivity contribution in [2.45, 2.75) is 19.6 Å². The van der Waals surface area contributed by atoms with Crippen molar-refractivity contribution >= 4 is 22.6 Å². The summed E-state index contributed by atoms with van der Waals surface area (Å²) in [7, 11) is 0. The fraction of sp³-hybridized carbons (Fsp3) is 0.235. The molecule has 0 saturated heterocycles. The topological polar surface area (TPSA) is 47.3 Å². The fourth-order valence-corrected chi connectivity index (χ4v) is 2.65. The Balaban J connectivity index is 1.81. The molecule has 0 aliphatic rings. The number of hydrogen-bond donors (Lipinski definition) is 1. The summed E-state index contributed by atoms with van der Waals surface area (Å²) in [5.74, 6) is 1.30. The number of nitrogens with zero attached hydrogens (tertiary/aromatic N) is 2. The number of fused-ring (bicyclic) bond motifs is 1. The van der Waals surface area contributed by atoms with Gasteiger partial charge in [-0.2, -0.15) is 0 Å². The van der Waals surface area contributed by atoms with E-state index in [4.69, 9.17) is 16.3 Å². The van der Waals surface area contributed by atoms with E-state index in [0.717, 1.165) is 11.0 Å². The van der Waals surface area contributed by atoms with E-state index in [1.165, 1.54) is 0 Å². The van der Waals surface area contributed by atoms with Crippen molar-refractivity contribution in [1.29, 1.82) is 0 Å². The smallest absolute Gasteiger partial charge is 0.138 e. The molecule has 0 fully saturated rings. The van der Waals surface area contributed by atoms with Crippen LogP contribution in [0.15, 0.2) is 48.5 Å². The van der Waals surface area contributed by atoms with Gasteiger partial charge in [-0.3, -0.25) is 0 Å². The third-order valence-corrected chi connectivity index (χ3v) is 3.78. The van der Waals surface area contributed by atoms with E-state index in [-0.39, 0.29) is 0 Å². The standard InChI is InChI=1S/C17H17ClN2O2/c1-12(21)17-19-14-7-3-4-8-15(14)20(17)10-11-22-16-9-5-2-6-13(16)18/h2-9,12,21H,10-11H2,1H3/t12-/m1/s1. The van der Waals surface area contributed by atoms with E-state index in [9.17, 15) is 5.11 Å². The van der Waals surface area contributed by atoms with E-state index in [2.05, 4.69) is 4.98 Å². The second kappa shape index (κ2) is 6.38. The van der Waals surface area contributed by atoms with Gasteiger partial charge in [0, 0.05) is 0 Å². The van der Waals surface area contributed by atoms with E-state index < -0.39 is 6.10 Å². The predicted octanol–water partition coefficient (Wildman–Crippen LogP) is 3.82. The summed E-state index contributed by atoms with van der Waals surface area (Å²) in [5.41, 5.74) is 1.86. The van der Waals surface area contributed by atoms with Crippen molar-refractivity contribution < 1.29 is 9.84 Å². The van der Waals surface area contributed by atoms with Crippen molar-refractivity contribution in [3.63, 3.8) is 0 Å². The van der Waals surface area contributed by atoms with Crippen LogP contribution < -0.4 is 4.74 Å². The van der Waals surface area contributed by atoms with Crippen LogP contribution in [-0.4, -0.2) is 21.3 Å². The molecule has 0 spiro atoms. The number of rotatable bonds is 5. The second-order valence-corrected chi connectivity index (χ2v) is 5.47. The number of hydrogen-bond acceptors (Lipinski definition) is 3. The van der Waals surface area contributed by atoms with E-state index in [1.807, 2.05) is 47.0 Å². The van der Waals surface area contributed by atoms with Gasteiger partial charge < -0.3 is 14.4 Å². The molecule has 114 valence electrons. The summed E-state index contributed by atoms with van der Waals surface area (Å²) < 4.78 is 7.71. The predicted molar refractivity (Wildman–Crippen MR) is 87.3 cm³/mol. The highest BCUT2D eigenvalue weighted by atomic mass is 35.5. The van der Waals surface area contributed by atoms with Crippen LogP contribution in [0.5, 0.6) is 5.75 Å². The lowest BCUT2D eigenvalue weighted by Crippen LogP contribution is -2.13. The molecule has 3 aromatic rings. The Bertz CT molecular complexity index is 783. The van der Waals surface area contributed by atoms with Crippen LogP contribution in [-0.2, 0) is 6.54 Å². The van der Waals surface area contributed by atoms with E-state index in [0.29, 0.717) is 29.7 Å². The minimum Gasteiger partial charge on any atom is -0.490 e. The summed E-state index contributed by atoms with van der Waals surface area (Å²) in [5, 5.41) is 10.5. The summed E-state index contributed by atoms with van der Waals surface area (Å²) in [4.78, 5) is 4.49. The van der Waals surface area contributed by atoms with Crippen molar-refractivity contribution in [3.8, 4) is 5.75 Å². The number of para-hydroxylation sites is 3. The molecule has 0 saturated carbocycles. The Morgan fingerprint density at radius 2 is 1.91 bits per heavy atom. The number of aliphatic hydroxyl groups is 1. The minimum atomic E-state index is -0.632. The van der Waals surface area contributed by atoms with Crippen molar-refractivity contribution in [2.24, 2.45) is 0 Å². The van der Waals surface area contributed by atoms with Crippen molar-refractivity contribution in [3.05, 3.63) is 59.4 Å². The number of ether oxygens (including phenoxy) is 1. The highest BCUT2D eigenvalue weighted by Gasteiger charge is 2.14. The first-order chi connectivity index (χ1) is 10.7. The molecule has 0 aliphatic carbocycles. The third-order valence-electron chi connectivity index (χ3n) is 3.47. The summed E-state index contributed by atoms with van der Waals surface area (Å²) >= 11 is 6.08. The van der Waals surface area contributed by atoms with Crippen LogP contribution in [0.25, 0.3) is 11.0 Å². The molecule has 1 heterocycles. The molecule has 5 heteroatoms. The second-order valence-electron chi connectivity index (χ2n) is 5.07. The maximum Gasteiger partial charge on any atom is 0.138 e. The van der Waals surface area contributed by atoms with Gasteiger partial charge in [-0.1, -0.05) is 35.9 Å². The number of aliphatic hydroxyl groups excluding tert-OH is 1. The van der Waals surface area contributed by atoms with Gasteiger partial charge in [-0.05, 0) is 31.2 Å². The first kappa shape index (κ1) is 14.9. The average molecular weight is 317 g/mol. The van der Waals surface area contributed by atoms with Gasteiger partial charge in [0.25, 0.3) is 0 Å². The number of halogens is 1.